The van der Waals surface area contributed by atoms with Crippen LogP contribution in [0.5, 0.6) is 0 Å². The predicted octanol–water partition coefficient (Wildman–Crippen LogP) is -0.147. The Morgan fingerprint density at radius 2 is 2.08 bits per heavy atom. The molecule has 0 rings (SSSR count). The summed E-state index contributed by atoms with van der Waals surface area (Å²) in [5, 5.41) is 10.9. The highest BCUT2D eigenvalue weighted by Crippen LogP contribution is 1.90. The molecule has 0 aromatic heterocycles. The molecule has 0 heterocycles. The van der Waals surface area contributed by atoms with E-state index in [0.717, 1.165) is 0 Å². The van der Waals surface area contributed by atoms with Crippen molar-refractivity contribution in [3.63, 3.8) is 0 Å². The fourth-order valence-corrected chi connectivity index (χ4v) is 0.655. The number of hydrogen-bond donors (Lipinski definition) is 2. The molecule has 0 aromatic rings. The normalized spacial score (nSPS) is 12.2. The molecule has 12 heavy (non-hydrogen) atoms. The van der Waals surface area contributed by atoms with Gasteiger partial charge in [0.05, 0.1) is 6.04 Å². The fraction of sp³-hybridized carbons (Fsp3) is 0.750. The van der Waals surface area contributed by atoms with Crippen LogP contribution in [0.4, 0.5) is 0 Å². The first kappa shape index (κ1) is 11.1. The highest BCUT2D eigenvalue weighted by atomic mass is 16.3. The van der Waals surface area contributed by atoms with Gasteiger partial charge in [-0.3, -0.25) is 9.59 Å². The van der Waals surface area contributed by atoms with E-state index in [1.54, 1.807) is 6.92 Å². The van der Waals surface area contributed by atoms with Crippen LogP contribution in [-0.2, 0) is 9.59 Å². The Morgan fingerprint density at radius 1 is 1.50 bits per heavy atom. The number of hydrogen-bond acceptors (Lipinski definition) is 3. The van der Waals surface area contributed by atoms with E-state index in [1.807, 2.05) is 0 Å². The van der Waals surface area contributed by atoms with Gasteiger partial charge in [0, 0.05) is 13.0 Å². The average molecular weight is 173 g/mol. The van der Waals surface area contributed by atoms with Crippen LogP contribution in [0.3, 0.4) is 0 Å². The first-order valence-corrected chi connectivity index (χ1v) is 3.98. The van der Waals surface area contributed by atoms with E-state index in [-0.39, 0.29) is 24.7 Å². The van der Waals surface area contributed by atoms with Crippen LogP contribution >= 0.6 is 0 Å². The Labute approximate surface area is 72.0 Å². The van der Waals surface area contributed by atoms with Crippen LogP contribution in [0.25, 0.3) is 0 Å². The van der Waals surface area contributed by atoms with E-state index < -0.39 is 6.04 Å². The summed E-state index contributed by atoms with van der Waals surface area (Å²) in [5.74, 6) is -0.251. The van der Waals surface area contributed by atoms with Gasteiger partial charge in [0.15, 0.2) is 5.78 Å². The van der Waals surface area contributed by atoms with E-state index in [0.29, 0.717) is 6.42 Å². The van der Waals surface area contributed by atoms with Gasteiger partial charge >= 0.3 is 0 Å². The van der Waals surface area contributed by atoms with Crippen molar-refractivity contribution in [1.82, 2.24) is 5.32 Å². The minimum atomic E-state index is -0.420. The first-order chi connectivity index (χ1) is 5.57. The van der Waals surface area contributed by atoms with E-state index >= 15 is 0 Å². The number of aliphatic hydroxyl groups excluding tert-OH is 1. The summed E-state index contributed by atoms with van der Waals surface area (Å²) in [5.41, 5.74) is 0. The average Bonchev–Trinajstić information content (AvgIpc) is 2.00. The Bertz CT molecular complexity index is 168. The second kappa shape index (κ2) is 5.71. The number of ketones is 1. The molecule has 1 amide bonds. The molecule has 70 valence electrons. The molecular formula is C8H15NO3. The predicted molar refractivity (Wildman–Crippen MR) is 44.6 cm³/mol. The summed E-state index contributed by atoms with van der Waals surface area (Å²) in [6.45, 7) is 3.07. The fourth-order valence-electron chi connectivity index (χ4n) is 0.655. The van der Waals surface area contributed by atoms with Gasteiger partial charge in [-0.25, -0.2) is 0 Å². The summed E-state index contributed by atoms with van der Waals surface area (Å²) in [6.07, 6.45) is 0.713. The molecule has 0 fully saturated rings. The van der Waals surface area contributed by atoms with Crippen molar-refractivity contribution >= 4 is 11.7 Å². The van der Waals surface area contributed by atoms with Gasteiger partial charge < -0.3 is 10.4 Å². The molecule has 1 atom stereocenters. The first-order valence-electron chi connectivity index (χ1n) is 3.98. The Balaban J connectivity index is 3.61. The Kier molecular flexibility index (Phi) is 5.28. The number of Topliss-reactive ketones (excluding diaryl/α,β-unsaturated/α-hetero) is 1. The monoisotopic (exact) mass is 173 g/mol. The summed E-state index contributed by atoms with van der Waals surface area (Å²) in [4.78, 5) is 21.6. The second-order valence-corrected chi connectivity index (χ2v) is 2.73. The van der Waals surface area contributed by atoms with Crippen LogP contribution in [0.1, 0.15) is 26.7 Å². The molecule has 0 bridgehead atoms. The van der Waals surface area contributed by atoms with Crippen molar-refractivity contribution in [3.8, 4) is 0 Å². The SMILES string of the molecule is CC(=O)C(C)NC(=O)CCCO. The molecule has 1 unspecified atom stereocenters. The van der Waals surface area contributed by atoms with Crippen molar-refractivity contribution < 1.29 is 14.7 Å². The number of carbonyl (C=O) groups excluding carboxylic acids is 2. The van der Waals surface area contributed by atoms with E-state index in [2.05, 4.69) is 5.32 Å². The minimum absolute atomic E-state index is 0.00186. The van der Waals surface area contributed by atoms with E-state index in [4.69, 9.17) is 5.11 Å². The van der Waals surface area contributed by atoms with Crippen LogP contribution in [-0.4, -0.2) is 29.4 Å². The molecule has 4 heteroatoms. The Morgan fingerprint density at radius 3 is 2.50 bits per heavy atom. The van der Waals surface area contributed by atoms with Crippen molar-refractivity contribution in [1.29, 1.82) is 0 Å². The number of aliphatic hydroxyl groups is 1. The number of rotatable bonds is 5. The van der Waals surface area contributed by atoms with Gasteiger partial charge in [0.25, 0.3) is 0 Å². The summed E-state index contributed by atoms with van der Waals surface area (Å²) >= 11 is 0. The van der Waals surface area contributed by atoms with E-state index in [1.165, 1.54) is 6.92 Å². The third kappa shape index (κ3) is 4.85. The van der Waals surface area contributed by atoms with Gasteiger partial charge in [-0.15, -0.1) is 0 Å². The smallest absolute Gasteiger partial charge is 0.220 e. The van der Waals surface area contributed by atoms with Crippen LogP contribution in [0, 0.1) is 0 Å². The molecular weight excluding hydrogens is 158 g/mol. The lowest BCUT2D eigenvalue weighted by Crippen LogP contribution is -2.37. The second-order valence-electron chi connectivity index (χ2n) is 2.73. The zero-order valence-electron chi connectivity index (χ0n) is 7.46. The van der Waals surface area contributed by atoms with Gasteiger partial charge in [0.1, 0.15) is 0 Å². The lowest BCUT2D eigenvalue weighted by molar-refractivity contribution is -0.126. The molecule has 0 aliphatic carbocycles. The largest absolute Gasteiger partial charge is 0.396 e. The summed E-state index contributed by atoms with van der Waals surface area (Å²) in [6, 6.07) is -0.420. The molecule has 0 radical (unpaired) electrons. The zero-order chi connectivity index (χ0) is 9.56. The van der Waals surface area contributed by atoms with Gasteiger partial charge in [-0.05, 0) is 20.3 Å². The number of nitrogens with one attached hydrogen (secondary N) is 1. The molecule has 0 spiro atoms. The quantitative estimate of drug-likeness (QED) is 0.607. The van der Waals surface area contributed by atoms with Crippen molar-refractivity contribution in [2.24, 2.45) is 0 Å². The zero-order valence-corrected chi connectivity index (χ0v) is 7.46. The molecule has 2 N–H and O–H groups in total. The highest BCUT2D eigenvalue weighted by molar-refractivity contribution is 5.86. The number of amides is 1. The standard InChI is InChI=1S/C8H15NO3/c1-6(7(2)11)9-8(12)4-3-5-10/h6,10H,3-5H2,1-2H3,(H,9,12). The van der Waals surface area contributed by atoms with Crippen molar-refractivity contribution in [2.45, 2.75) is 32.7 Å². The maximum absolute atomic E-state index is 10.9. The van der Waals surface area contributed by atoms with Crippen LogP contribution in [0.15, 0.2) is 0 Å². The third-order valence-corrected chi connectivity index (χ3v) is 1.55. The Hall–Kier alpha value is -0.900. The van der Waals surface area contributed by atoms with Crippen LogP contribution < -0.4 is 5.32 Å². The highest BCUT2D eigenvalue weighted by Gasteiger charge is 2.09. The maximum Gasteiger partial charge on any atom is 0.220 e. The lowest BCUT2D eigenvalue weighted by atomic mass is 10.2. The van der Waals surface area contributed by atoms with E-state index in [9.17, 15) is 9.59 Å². The molecule has 4 nitrogen and oxygen atoms in total. The topological polar surface area (TPSA) is 66.4 Å². The van der Waals surface area contributed by atoms with Crippen molar-refractivity contribution in [3.05, 3.63) is 0 Å². The molecule has 0 aliphatic rings. The maximum atomic E-state index is 10.9. The molecule has 0 aliphatic heterocycles. The molecule has 0 saturated carbocycles. The molecule has 0 saturated heterocycles. The third-order valence-electron chi connectivity index (χ3n) is 1.55. The van der Waals surface area contributed by atoms with Gasteiger partial charge in [0.2, 0.25) is 5.91 Å². The lowest BCUT2D eigenvalue weighted by Gasteiger charge is -2.09. The number of carbonyl (C=O) groups is 2. The molecule has 0 aromatic carbocycles. The van der Waals surface area contributed by atoms with Crippen LogP contribution in [0.2, 0.25) is 0 Å². The minimum Gasteiger partial charge on any atom is -0.396 e. The van der Waals surface area contributed by atoms with Gasteiger partial charge in [-0.1, -0.05) is 0 Å². The van der Waals surface area contributed by atoms with Gasteiger partial charge in [-0.2, -0.15) is 0 Å². The summed E-state index contributed by atoms with van der Waals surface area (Å²) in [7, 11) is 0. The van der Waals surface area contributed by atoms with Crippen molar-refractivity contribution in [2.75, 3.05) is 6.61 Å². The summed E-state index contributed by atoms with van der Waals surface area (Å²) < 4.78 is 0.